The molecule has 4 nitrogen and oxygen atoms in total. The van der Waals surface area contributed by atoms with Crippen molar-refractivity contribution in [1.82, 2.24) is 4.98 Å². The zero-order valence-electron chi connectivity index (χ0n) is 10.2. The molecule has 2 heterocycles. The number of allylic oxidation sites excluding steroid dienone is 1. The van der Waals surface area contributed by atoms with Crippen molar-refractivity contribution in [2.45, 2.75) is 5.92 Å². The van der Waals surface area contributed by atoms with Crippen molar-refractivity contribution in [3.63, 3.8) is 0 Å². The number of ketones is 1. The largest absolute Gasteiger partial charge is 0.507 e. The summed E-state index contributed by atoms with van der Waals surface area (Å²) in [6.45, 7) is 0. The summed E-state index contributed by atoms with van der Waals surface area (Å²) in [4.78, 5) is 17.0. The highest BCUT2D eigenvalue weighted by Gasteiger charge is 2.38. The molecule has 20 heavy (non-hydrogen) atoms. The molecule has 0 spiro atoms. The summed E-state index contributed by atoms with van der Waals surface area (Å²) in [6.07, 6.45) is 3.26. The molecule has 1 aromatic heterocycles. The minimum atomic E-state index is -0.586. The number of carbonyl (C=O) groups is 1. The molecule has 2 N–H and O–H groups in total. The average Bonchev–Trinajstić information content (AvgIpc) is 3.02. The van der Waals surface area contributed by atoms with E-state index in [0.717, 1.165) is 11.8 Å². The quantitative estimate of drug-likeness (QED) is 0.835. The number of nitrogens with zero attached hydrogens (tertiary/aromatic N) is 1. The van der Waals surface area contributed by atoms with E-state index in [0.29, 0.717) is 15.5 Å². The summed E-state index contributed by atoms with van der Waals surface area (Å²) in [5.74, 6) is -0.590. The van der Waals surface area contributed by atoms with Gasteiger partial charge in [-0.05, 0) is 12.1 Å². The normalized spacial score (nSPS) is 20.8. The van der Waals surface area contributed by atoms with Gasteiger partial charge in [0.1, 0.15) is 16.7 Å². The maximum atomic E-state index is 12.4. The molecule has 1 aromatic carbocycles. The number of para-hydroxylation sites is 1. The molecule has 1 aliphatic rings. The summed E-state index contributed by atoms with van der Waals surface area (Å²) < 4.78 is 0. The van der Waals surface area contributed by atoms with Gasteiger partial charge >= 0.3 is 0 Å². The van der Waals surface area contributed by atoms with Crippen molar-refractivity contribution in [1.29, 1.82) is 5.41 Å². The second-order valence-electron chi connectivity index (χ2n) is 4.20. The predicted molar refractivity (Wildman–Crippen MR) is 81.3 cm³/mol. The number of carbonyl (C=O) groups excluding carboxylic acids is 1. The van der Waals surface area contributed by atoms with Crippen LogP contribution in [0.4, 0.5) is 0 Å². The number of benzene rings is 1. The fourth-order valence-electron chi connectivity index (χ4n) is 1.94. The molecule has 0 radical (unpaired) electrons. The van der Waals surface area contributed by atoms with Crippen LogP contribution in [0.3, 0.4) is 0 Å². The fourth-order valence-corrected chi connectivity index (χ4v) is 3.74. The smallest absolute Gasteiger partial charge is 0.186 e. The molecule has 2 aromatic rings. The first-order valence-corrected chi connectivity index (χ1v) is 7.56. The molecule has 0 aliphatic carbocycles. The van der Waals surface area contributed by atoms with E-state index in [1.807, 2.05) is 0 Å². The molecule has 0 bridgehead atoms. The van der Waals surface area contributed by atoms with Crippen LogP contribution in [0, 0.1) is 5.41 Å². The highest BCUT2D eigenvalue weighted by atomic mass is 32.2. The van der Waals surface area contributed by atoms with Crippen molar-refractivity contribution in [3.05, 3.63) is 51.3 Å². The Morgan fingerprint density at radius 2 is 2.15 bits per heavy atom. The molecule has 1 unspecified atom stereocenters. The number of aromatic nitrogens is 1. The van der Waals surface area contributed by atoms with Crippen molar-refractivity contribution in [2.75, 3.05) is 0 Å². The van der Waals surface area contributed by atoms with Gasteiger partial charge < -0.3 is 5.11 Å². The highest BCUT2D eigenvalue weighted by Crippen LogP contribution is 2.41. The standard InChI is InChI=1S/C14H10N2O2S2/c15-13-11(14-16-5-6-19-14)12(18)10(20-13)7-8-3-1-2-4-9(8)17/h1-7,11,15,17H. The molecule has 0 amide bonds. The van der Waals surface area contributed by atoms with Gasteiger partial charge in [0.05, 0.1) is 9.95 Å². The maximum Gasteiger partial charge on any atom is 0.186 e. The predicted octanol–water partition coefficient (Wildman–Crippen LogP) is 3.27. The average molecular weight is 302 g/mol. The van der Waals surface area contributed by atoms with Gasteiger partial charge in [0.2, 0.25) is 0 Å². The van der Waals surface area contributed by atoms with Gasteiger partial charge in [-0.3, -0.25) is 10.2 Å². The number of thioether (sulfide) groups is 1. The number of rotatable bonds is 2. The summed E-state index contributed by atoms with van der Waals surface area (Å²) in [5, 5.41) is 20.4. The summed E-state index contributed by atoms with van der Waals surface area (Å²) in [6, 6.07) is 6.82. The third-order valence-electron chi connectivity index (χ3n) is 2.91. The Hall–Kier alpha value is -1.92. The number of phenols is 1. The Kier molecular flexibility index (Phi) is 3.42. The monoisotopic (exact) mass is 302 g/mol. The van der Waals surface area contributed by atoms with Crippen LogP contribution in [0.25, 0.3) is 6.08 Å². The van der Waals surface area contributed by atoms with E-state index in [-0.39, 0.29) is 16.6 Å². The van der Waals surface area contributed by atoms with Crippen LogP contribution in [0.1, 0.15) is 16.5 Å². The number of aromatic hydroxyl groups is 1. The Bertz CT molecular complexity index is 708. The van der Waals surface area contributed by atoms with Crippen LogP contribution >= 0.6 is 23.1 Å². The minimum absolute atomic E-state index is 0.123. The first-order chi connectivity index (χ1) is 9.66. The van der Waals surface area contributed by atoms with Crippen molar-refractivity contribution in [2.24, 2.45) is 0 Å². The van der Waals surface area contributed by atoms with Crippen LogP contribution in [-0.4, -0.2) is 20.9 Å². The lowest BCUT2D eigenvalue weighted by Crippen LogP contribution is -2.11. The Labute approximate surface area is 123 Å². The van der Waals surface area contributed by atoms with Gasteiger partial charge in [0.15, 0.2) is 5.78 Å². The lowest BCUT2D eigenvalue weighted by molar-refractivity contribution is -0.114. The van der Waals surface area contributed by atoms with Gasteiger partial charge in [-0.15, -0.1) is 11.3 Å². The topological polar surface area (TPSA) is 74.0 Å². The van der Waals surface area contributed by atoms with E-state index < -0.39 is 5.92 Å². The number of thiazole rings is 1. The molecule has 100 valence electrons. The number of nitrogens with one attached hydrogen (secondary N) is 1. The summed E-state index contributed by atoms with van der Waals surface area (Å²) >= 11 is 2.51. The van der Waals surface area contributed by atoms with E-state index >= 15 is 0 Å². The molecule has 3 rings (SSSR count). The second kappa shape index (κ2) is 5.22. The number of phenolic OH excluding ortho intramolecular Hbond substituents is 1. The second-order valence-corrected chi connectivity index (χ2v) is 6.21. The molecule has 1 saturated heterocycles. The third kappa shape index (κ3) is 2.28. The van der Waals surface area contributed by atoms with Gasteiger partial charge in [0, 0.05) is 17.1 Å². The molecule has 6 heteroatoms. The van der Waals surface area contributed by atoms with Gasteiger partial charge in [-0.1, -0.05) is 30.0 Å². The molecule has 1 aliphatic heterocycles. The van der Waals surface area contributed by atoms with Crippen LogP contribution in [0.2, 0.25) is 0 Å². The maximum absolute atomic E-state index is 12.4. The summed E-state index contributed by atoms with van der Waals surface area (Å²) in [7, 11) is 0. The Morgan fingerprint density at radius 1 is 1.35 bits per heavy atom. The van der Waals surface area contributed by atoms with Crippen LogP contribution in [0.15, 0.2) is 40.7 Å². The third-order valence-corrected chi connectivity index (χ3v) is 4.74. The number of hydrogen-bond donors (Lipinski definition) is 2. The van der Waals surface area contributed by atoms with Gasteiger partial charge in [-0.25, -0.2) is 4.98 Å². The molecular formula is C14H10N2O2S2. The van der Waals surface area contributed by atoms with Gasteiger partial charge in [-0.2, -0.15) is 0 Å². The van der Waals surface area contributed by atoms with Crippen molar-refractivity contribution < 1.29 is 9.90 Å². The lowest BCUT2D eigenvalue weighted by atomic mass is 10.0. The SMILES string of the molecule is N=C1SC(=Cc2ccccc2O)C(=O)C1c1nccs1. The van der Waals surface area contributed by atoms with Crippen LogP contribution < -0.4 is 0 Å². The molecule has 1 atom stereocenters. The first-order valence-electron chi connectivity index (χ1n) is 5.86. The minimum Gasteiger partial charge on any atom is -0.507 e. The molecule has 0 saturated carbocycles. The fraction of sp³-hybridized carbons (Fsp3) is 0.0714. The first kappa shape index (κ1) is 13.1. The van der Waals surface area contributed by atoms with Crippen LogP contribution in [0.5, 0.6) is 5.75 Å². The van der Waals surface area contributed by atoms with Crippen molar-refractivity contribution >= 4 is 40.0 Å². The molecular weight excluding hydrogens is 292 g/mol. The van der Waals surface area contributed by atoms with E-state index in [9.17, 15) is 9.90 Å². The van der Waals surface area contributed by atoms with E-state index in [1.165, 1.54) is 11.3 Å². The van der Waals surface area contributed by atoms with E-state index in [1.54, 1.807) is 41.9 Å². The Morgan fingerprint density at radius 3 is 2.85 bits per heavy atom. The number of hydrogen-bond acceptors (Lipinski definition) is 6. The highest BCUT2D eigenvalue weighted by molar-refractivity contribution is 8.19. The lowest BCUT2D eigenvalue weighted by Gasteiger charge is -2.01. The molecule has 1 fully saturated rings. The van der Waals surface area contributed by atoms with E-state index in [2.05, 4.69) is 4.98 Å². The van der Waals surface area contributed by atoms with Gasteiger partial charge in [0.25, 0.3) is 0 Å². The Balaban J connectivity index is 1.96. The van der Waals surface area contributed by atoms with Crippen LogP contribution in [-0.2, 0) is 4.79 Å². The zero-order valence-corrected chi connectivity index (χ0v) is 11.9. The zero-order chi connectivity index (χ0) is 14.1. The van der Waals surface area contributed by atoms with Crippen molar-refractivity contribution in [3.8, 4) is 5.75 Å². The number of Topliss-reactive ketones (excluding diaryl/α,β-unsaturated/α-hetero) is 1. The summed E-state index contributed by atoms with van der Waals surface area (Å²) in [5.41, 5.74) is 0.580. The van der Waals surface area contributed by atoms with E-state index in [4.69, 9.17) is 5.41 Å².